The highest BCUT2D eigenvalue weighted by Crippen LogP contribution is 2.19. The molecule has 0 rings (SSSR count). The van der Waals surface area contributed by atoms with Crippen molar-refractivity contribution in [3.63, 3.8) is 0 Å². The number of allylic oxidation sites excluding steroid dienone is 1. The second-order valence-electron chi connectivity index (χ2n) is 5.55. The Morgan fingerprint density at radius 2 is 1.42 bits per heavy atom. The number of likely N-dealkylation sites (N-methyl/N-ethyl adjacent to an activating group) is 1. The fraction of sp³-hybridized carbons (Fsp3) is 0.824. The van der Waals surface area contributed by atoms with E-state index in [1.54, 1.807) is 0 Å². The van der Waals surface area contributed by atoms with E-state index in [0.717, 1.165) is 50.6 Å². The summed E-state index contributed by atoms with van der Waals surface area (Å²) < 4.78 is 0. The smallest absolute Gasteiger partial charge is 0.249 e. The Kier molecular flexibility index (Phi) is 10.6. The predicted octanol–water partition coefficient (Wildman–Crippen LogP) is 4.94. The first-order valence-corrected chi connectivity index (χ1v) is 8.02. The zero-order valence-electron chi connectivity index (χ0n) is 13.7. The number of nitrogens with zero attached hydrogens (tertiary/aromatic N) is 1. The van der Waals surface area contributed by atoms with Crippen LogP contribution in [-0.2, 0) is 4.79 Å². The van der Waals surface area contributed by atoms with Crippen LogP contribution in [0.4, 0.5) is 0 Å². The molecule has 1 amide bonds. The predicted molar refractivity (Wildman–Crippen MR) is 84.3 cm³/mol. The fourth-order valence-electron chi connectivity index (χ4n) is 2.18. The van der Waals surface area contributed by atoms with E-state index in [1.165, 1.54) is 18.4 Å². The average molecular weight is 267 g/mol. The maximum absolute atomic E-state index is 12.5. The molecule has 0 bridgehead atoms. The minimum atomic E-state index is 0.260. The lowest BCUT2D eigenvalue weighted by molar-refractivity contribution is -0.126. The molecule has 0 aliphatic heterocycles. The second kappa shape index (κ2) is 11.1. The molecule has 0 unspecified atom stereocenters. The number of carbonyl (C=O) groups is 1. The lowest BCUT2D eigenvalue weighted by atomic mass is 9.98. The Bertz CT molecular complexity index is 281. The Morgan fingerprint density at radius 3 is 1.95 bits per heavy atom. The van der Waals surface area contributed by atoms with Crippen molar-refractivity contribution in [1.29, 1.82) is 0 Å². The Morgan fingerprint density at radius 1 is 0.895 bits per heavy atom. The van der Waals surface area contributed by atoms with Crippen LogP contribution in [0.25, 0.3) is 0 Å². The quantitative estimate of drug-likeness (QED) is 0.513. The van der Waals surface area contributed by atoms with Crippen LogP contribution in [0.15, 0.2) is 11.1 Å². The second-order valence-corrected chi connectivity index (χ2v) is 5.55. The monoisotopic (exact) mass is 267 g/mol. The highest BCUT2D eigenvalue weighted by Gasteiger charge is 2.16. The van der Waals surface area contributed by atoms with E-state index in [4.69, 9.17) is 0 Å². The summed E-state index contributed by atoms with van der Waals surface area (Å²) >= 11 is 0. The molecule has 0 aromatic rings. The Labute approximate surface area is 120 Å². The van der Waals surface area contributed by atoms with Gasteiger partial charge in [-0.15, -0.1) is 0 Å². The van der Waals surface area contributed by atoms with Gasteiger partial charge in [-0.3, -0.25) is 4.79 Å². The first-order valence-electron chi connectivity index (χ1n) is 8.02. The summed E-state index contributed by atoms with van der Waals surface area (Å²) in [4.78, 5) is 14.4. The Balaban J connectivity index is 4.75. The van der Waals surface area contributed by atoms with Crippen LogP contribution in [0.3, 0.4) is 0 Å². The number of unbranched alkanes of at least 4 members (excludes halogenated alkanes) is 3. The first kappa shape index (κ1) is 18.2. The molecule has 0 aromatic carbocycles. The number of hydrogen-bond donors (Lipinski definition) is 0. The summed E-state index contributed by atoms with van der Waals surface area (Å²) in [5, 5.41) is 0. The van der Waals surface area contributed by atoms with Gasteiger partial charge in [0.1, 0.15) is 0 Å². The Hall–Kier alpha value is -0.790. The van der Waals surface area contributed by atoms with E-state index in [-0.39, 0.29) is 5.91 Å². The molecule has 0 heterocycles. The van der Waals surface area contributed by atoms with Crippen LogP contribution in [-0.4, -0.2) is 24.4 Å². The third-order valence-corrected chi connectivity index (χ3v) is 3.65. The van der Waals surface area contributed by atoms with E-state index in [2.05, 4.69) is 27.7 Å². The number of rotatable bonds is 10. The van der Waals surface area contributed by atoms with Crippen LogP contribution >= 0.6 is 0 Å². The van der Waals surface area contributed by atoms with Gasteiger partial charge in [-0.1, -0.05) is 45.6 Å². The van der Waals surface area contributed by atoms with E-state index in [0.29, 0.717) is 0 Å². The van der Waals surface area contributed by atoms with E-state index < -0.39 is 0 Å². The van der Waals surface area contributed by atoms with Crippen LogP contribution < -0.4 is 0 Å². The molecule has 0 aliphatic carbocycles. The van der Waals surface area contributed by atoms with E-state index in [9.17, 15) is 4.79 Å². The van der Waals surface area contributed by atoms with Crippen LogP contribution in [0, 0.1) is 0 Å². The van der Waals surface area contributed by atoms with Gasteiger partial charge in [0.05, 0.1) is 0 Å². The number of carbonyl (C=O) groups excluding carboxylic acids is 1. The van der Waals surface area contributed by atoms with Crippen molar-refractivity contribution in [1.82, 2.24) is 4.90 Å². The molecule has 19 heavy (non-hydrogen) atoms. The first-order chi connectivity index (χ1) is 9.08. The van der Waals surface area contributed by atoms with Gasteiger partial charge in [-0.2, -0.15) is 0 Å². The van der Waals surface area contributed by atoms with Crippen LogP contribution in [0.2, 0.25) is 0 Å². The van der Waals surface area contributed by atoms with Gasteiger partial charge in [-0.25, -0.2) is 0 Å². The highest BCUT2D eigenvalue weighted by molar-refractivity contribution is 5.93. The lowest BCUT2D eigenvalue weighted by Crippen LogP contribution is -2.29. The van der Waals surface area contributed by atoms with Gasteiger partial charge in [0.25, 0.3) is 0 Å². The minimum Gasteiger partial charge on any atom is -0.342 e. The highest BCUT2D eigenvalue weighted by atomic mass is 16.2. The van der Waals surface area contributed by atoms with E-state index >= 15 is 0 Å². The number of amides is 1. The van der Waals surface area contributed by atoms with Gasteiger partial charge in [-0.05, 0) is 39.0 Å². The van der Waals surface area contributed by atoms with Crippen molar-refractivity contribution in [3.8, 4) is 0 Å². The summed E-state index contributed by atoms with van der Waals surface area (Å²) in [5.41, 5.74) is 2.39. The van der Waals surface area contributed by atoms with Crippen molar-refractivity contribution in [2.45, 2.75) is 79.1 Å². The molecule has 0 saturated heterocycles. The molecule has 2 heteroatoms. The molecule has 0 fully saturated rings. The lowest BCUT2D eigenvalue weighted by Gasteiger charge is -2.20. The summed E-state index contributed by atoms with van der Waals surface area (Å²) in [6, 6.07) is 0. The summed E-state index contributed by atoms with van der Waals surface area (Å²) in [5.74, 6) is 0.260. The van der Waals surface area contributed by atoms with Crippen molar-refractivity contribution in [2.75, 3.05) is 13.6 Å². The molecule has 2 nitrogen and oxygen atoms in total. The molecular weight excluding hydrogens is 234 g/mol. The summed E-state index contributed by atoms with van der Waals surface area (Å²) in [6.07, 6.45) is 8.90. The van der Waals surface area contributed by atoms with Gasteiger partial charge in [0, 0.05) is 19.2 Å². The molecule has 0 aliphatic rings. The van der Waals surface area contributed by atoms with Gasteiger partial charge in [0.15, 0.2) is 0 Å². The summed E-state index contributed by atoms with van der Waals surface area (Å²) in [7, 11) is 1.94. The summed E-state index contributed by atoms with van der Waals surface area (Å²) in [6.45, 7) is 9.58. The molecule has 0 aromatic heterocycles. The molecule has 112 valence electrons. The molecule has 0 saturated carbocycles. The zero-order valence-corrected chi connectivity index (χ0v) is 13.7. The average Bonchev–Trinajstić information content (AvgIpc) is 2.42. The van der Waals surface area contributed by atoms with Crippen molar-refractivity contribution in [3.05, 3.63) is 11.1 Å². The molecule has 0 spiro atoms. The van der Waals surface area contributed by atoms with Crippen molar-refractivity contribution >= 4 is 5.91 Å². The molecule has 0 atom stereocenters. The number of hydrogen-bond acceptors (Lipinski definition) is 1. The standard InChI is InChI=1S/C17H33NO/c1-6-9-12-15(4)16(13-10-7-2)17(19)18(5)14-11-8-3/h6-14H2,1-5H3. The third kappa shape index (κ3) is 7.39. The molecule has 0 radical (unpaired) electrons. The maximum Gasteiger partial charge on any atom is 0.249 e. The van der Waals surface area contributed by atoms with Gasteiger partial charge in [0.2, 0.25) is 5.91 Å². The molecule has 0 N–H and O–H groups in total. The SMILES string of the molecule is CCCCC(C)=C(CCCC)C(=O)N(C)CCCC. The normalized spacial score (nSPS) is 12.3. The van der Waals surface area contributed by atoms with Gasteiger partial charge < -0.3 is 4.90 Å². The third-order valence-electron chi connectivity index (χ3n) is 3.65. The van der Waals surface area contributed by atoms with E-state index in [1.807, 2.05) is 11.9 Å². The van der Waals surface area contributed by atoms with Gasteiger partial charge >= 0.3 is 0 Å². The zero-order chi connectivity index (χ0) is 14.7. The molecular formula is C17H33NO. The van der Waals surface area contributed by atoms with Crippen LogP contribution in [0.5, 0.6) is 0 Å². The fourth-order valence-corrected chi connectivity index (χ4v) is 2.18. The van der Waals surface area contributed by atoms with Crippen molar-refractivity contribution in [2.24, 2.45) is 0 Å². The topological polar surface area (TPSA) is 20.3 Å². The minimum absolute atomic E-state index is 0.260. The van der Waals surface area contributed by atoms with Crippen molar-refractivity contribution < 1.29 is 4.79 Å². The maximum atomic E-state index is 12.5. The largest absolute Gasteiger partial charge is 0.342 e. The van der Waals surface area contributed by atoms with Crippen LogP contribution in [0.1, 0.15) is 79.1 Å².